The van der Waals surface area contributed by atoms with Gasteiger partial charge in [0, 0.05) is 13.6 Å². The van der Waals surface area contributed by atoms with E-state index in [1.54, 1.807) is 7.05 Å². The number of urea groups is 1. The maximum Gasteiger partial charge on any atom is 0.326 e. The lowest BCUT2D eigenvalue weighted by molar-refractivity contribution is -0.139. The fourth-order valence-electron chi connectivity index (χ4n) is 1.88. The highest BCUT2D eigenvalue weighted by atomic mass is 16.4. The van der Waals surface area contributed by atoms with Crippen LogP contribution in [0.2, 0.25) is 0 Å². The molecular weight excluding hydrogens is 256 g/mol. The zero-order valence-electron chi connectivity index (χ0n) is 12.2. The fraction of sp³-hybridized carbons (Fsp3) is 0.467. The van der Waals surface area contributed by atoms with Crippen LogP contribution in [0, 0.1) is 5.92 Å². The summed E-state index contributed by atoms with van der Waals surface area (Å²) in [5.74, 6) is -0.795. The van der Waals surface area contributed by atoms with Gasteiger partial charge in [-0.05, 0) is 17.9 Å². The van der Waals surface area contributed by atoms with Crippen LogP contribution in [0.5, 0.6) is 0 Å². The molecule has 1 unspecified atom stereocenters. The van der Waals surface area contributed by atoms with Crippen molar-refractivity contribution in [3.63, 3.8) is 0 Å². The summed E-state index contributed by atoms with van der Waals surface area (Å²) in [4.78, 5) is 24.6. The summed E-state index contributed by atoms with van der Waals surface area (Å²) < 4.78 is 0. The molecule has 0 fully saturated rings. The number of nitrogens with one attached hydrogen (secondary N) is 1. The average Bonchev–Trinajstić information content (AvgIpc) is 2.38. The molecule has 1 rings (SSSR count). The first-order valence-electron chi connectivity index (χ1n) is 6.68. The van der Waals surface area contributed by atoms with Crippen LogP contribution in [0.4, 0.5) is 4.79 Å². The van der Waals surface area contributed by atoms with Crippen molar-refractivity contribution in [2.45, 2.75) is 32.9 Å². The van der Waals surface area contributed by atoms with Gasteiger partial charge in [0.05, 0.1) is 0 Å². The predicted molar refractivity (Wildman–Crippen MR) is 77.3 cm³/mol. The third-order valence-corrected chi connectivity index (χ3v) is 2.91. The summed E-state index contributed by atoms with van der Waals surface area (Å²) in [6.45, 7) is 4.30. The number of amides is 2. The monoisotopic (exact) mass is 278 g/mol. The van der Waals surface area contributed by atoms with Crippen LogP contribution in [-0.2, 0) is 11.3 Å². The molecule has 1 atom stereocenters. The fourth-order valence-corrected chi connectivity index (χ4v) is 1.88. The van der Waals surface area contributed by atoms with Crippen LogP contribution in [0.15, 0.2) is 30.3 Å². The van der Waals surface area contributed by atoms with E-state index in [-0.39, 0.29) is 11.9 Å². The Morgan fingerprint density at radius 2 is 1.85 bits per heavy atom. The number of carboxylic acids is 1. The van der Waals surface area contributed by atoms with E-state index < -0.39 is 12.0 Å². The molecule has 5 heteroatoms. The summed E-state index contributed by atoms with van der Waals surface area (Å²) in [5, 5.41) is 11.7. The van der Waals surface area contributed by atoms with Gasteiger partial charge in [-0.15, -0.1) is 0 Å². The number of benzene rings is 1. The molecule has 5 nitrogen and oxygen atoms in total. The first-order valence-corrected chi connectivity index (χ1v) is 6.68. The van der Waals surface area contributed by atoms with Gasteiger partial charge in [-0.1, -0.05) is 44.2 Å². The second kappa shape index (κ2) is 7.53. The minimum atomic E-state index is -1.000. The molecule has 2 amide bonds. The SMILES string of the molecule is CC(C)CC(NC(=O)N(C)Cc1ccccc1)C(=O)O. The predicted octanol–water partition coefficient (Wildman–Crippen LogP) is 2.33. The van der Waals surface area contributed by atoms with Crippen molar-refractivity contribution in [1.82, 2.24) is 10.2 Å². The molecule has 0 saturated carbocycles. The topological polar surface area (TPSA) is 69.6 Å². The Balaban J connectivity index is 2.57. The van der Waals surface area contributed by atoms with Crippen molar-refractivity contribution in [3.8, 4) is 0 Å². The van der Waals surface area contributed by atoms with Crippen molar-refractivity contribution >= 4 is 12.0 Å². The standard InChI is InChI=1S/C15H22N2O3/c1-11(2)9-13(14(18)19)16-15(20)17(3)10-12-7-5-4-6-8-12/h4-8,11,13H,9-10H2,1-3H3,(H,16,20)(H,18,19). The average molecular weight is 278 g/mol. The molecule has 0 heterocycles. The highest BCUT2D eigenvalue weighted by molar-refractivity contribution is 5.82. The number of rotatable bonds is 6. The zero-order chi connectivity index (χ0) is 15.1. The summed E-state index contributed by atoms with van der Waals surface area (Å²) >= 11 is 0. The van der Waals surface area contributed by atoms with Crippen LogP contribution in [0.25, 0.3) is 0 Å². The van der Waals surface area contributed by atoms with Crippen LogP contribution in [-0.4, -0.2) is 35.1 Å². The number of hydrogen-bond donors (Lipinski definition) is 2. The first kappa shape index (κ1) is 16.0. The quantitative estimate of drug-likeness (QED) is 0.839. The Morgan fingerprint density at radius 3 is 2.35 bits per heavy atom. The number of carboxylic acid groups (broad SMARTS) is 1. The van der Waals surface area contributed by atoms with E-state index >= 15 is 0 Å². The van der Waals surface area contributed by atoms with Crippen LogP contribution >= 0.6 is 0 Å². The molecule has 0 radical (unpaired) electrons. The number of aliphatic carboxylic acids is 1. The molecule has 0 aliphatic carbocycles. The Labute approximate surface area is 119 Å². The molecule has 1 aromatic carbocycles. The third-order valence-electron chi connectivity index (χ3n) is 2.91. The van der Waals surface area contributed by atoms with Crippen molar-refractivity contribution in [2.75, 3.05) is 7.05 Å². The third kappa shape index (κ3) is 5.30. The van der Waals surface area contributed by atoms with E-state index in [9.17, 15) is 9.59 Å². The smallest absolute Gasteiger partial charge is 0.326 e. The maximum absolute atomic E-state index is 12.0. The minimum Gasteiger partial charge on any atom is -0.480 e. The van der Waals surface area contributed by atoms with Crippen molar-refractivity contribution in [3.05, 3.63) is 35.9 Å². The molecule has 0 saturated heterocycles. The summed E-state index contributed by atoms with van der Waals surface area (Å²) in [6, 6.07) is 8.34. The van der Waals surface area contributed by atoms with Gasteiger partial charge in [-0.2, -0.15) is 0 Å². The Bertz CT molecular complexity index is 446. The van der Waals surface area contributed by atoms with Gasteiger partial charge in [0.25, 0.3) is 0 Å². The molecule has 110 valence electrons. The van der Waals surface area contributed by atoms with Gasteiger partial charge in [-0.25, -0.2) is 9.59 Å². The summed E-state index contributed by atoms with van der Waals surface area (Å²) in [5.41, 5.74) is 1.00. The van der Waals surface area contributed by atoms with E-state index in [2.05, 4.69) is 5.32 Å². The zero-order valence-corrected chi connectivity index (χ0v) is 12.2. The summed E-state index contributed by atoms with van der Waals surface area (Å²) in [6.07, 6.45) is 0.417. The van der Waals surface area contributed by atoms with Gasteiger partial charge in [0.15, 0.2) is 0 Å². The molecular formula is C15H22N2O3. The normalized spacial score (nSPS) is 12.0. The Morgan fingerprint density at radius 1 is 1.25 bits per heavy atom. The molecule has 20 heavy (non-hydrogen) atoms. The van der Waals surface area contributed by atoms with Crippen molar-refractivity contribution in [2.24, 2.45) is 5.92 Å². The largest absolute Gasteiger partial charge is 0.480 e. The molecule has 0 aliphatic rings. The highest BCUT2D eigenvalue weighted by Gasteiger charge is 2.22. The van der Waals surface area contributed by atoms with E-state index in [0.717, 1.165) is 5.56 Å². The van der Waals surface area contributed by atoms with Gasteiger partial charge in [0.1, 0.15) is 6.04 Å². The van der Waals surface area contributed by atoms with Gasteiger partial charge < -0.3 is 15.3 Å². The van der Waals surface area contributed by atoms with Crippen LogP contribution < -0.4 is 5.32 Å². The summed E-state index contributed by atoms with van der Waals surface area (Å²) in [7, 11) is 1.65. The molecule has 0 bridgehead atoms. The van der Waals surface area contributed by atoms with Crippen molar-refractivity contribution in [1.29, 1.82) is 0 Å². The number of carbonyl (C=O) groups is 2. The molecule has 0 aromatic heterocycles. The van der Waals surface area contributed by atoms with E-state index in [4.69, 9.17) is 5.11 Å². The molecule has 1 aromatic rings. The highest BCUT2D eigenvalue weighted by Crippen LogP contribution is 2.07. The lowest BCUT2D eigenvalue weighted by Gasteiger charge is -2.22. The lowest BCUT2D eigenvalue weighted by Crippen LogP contribution is -2.46. The van der Waals surface area contributed by atoms with Gasteiger partial charge in [-0.3, -0.25) is 0 Å². The van der Waals surface area contributed by atoms with Crippen LogP contribution in [0.3, 0.4) is 0 Å². The Hall–Kier alpha value is -2.04. The molecule has 2 N–H and O–H groups in total. The number of carbonyl (C=O) groups excluding carboxylic acids is 1. The second-order valence-corrected chi connectivity index (χ2v) is 5.31. The lowest BCUT2D eigenvalue weighted by atomic mass is 10.0. The van der Waals surface area contributed by atoms with Gasteiger partial charge >= 0.3 is 12.0 Å². The Kier molecular flexibility index (Phi) is 6.03. The van der Waals surface area contributed by atoms with E-state index in [1.807, 2.05) is 44.2 Å². The van der Waals surface area contributed by atoms with E-state index in [0.29, 0.717) is 13.0 Å². The van der Waals surface area contributed by atoms with E-state index in [1.165, 1.54) is 4.90 Å². The van der Waals surface area contributed by atoms with Crippen molar-refractivity contribution < 1.29 is 14.7 Å². The maximum atomic E-state index is 12.0. The first-order chi connectivity index (χ1) is 9.40. The molecule has 0 aliphatic heterocycles. The molecule has 0 spiro atoms. The number of hydrogen-bond acceptors (Lipinski definition) is 2. The number of nitrogens with zero attached hydrogens (tertiary/aromatic N) is 1. The van der Waals surface area contributed by atoms with Gasteiger partial charge in [0.2, 0.25) is 0 Å². The minimum absolute atomic E-state index is 0.204. The van der Waals surface area contributed by atoms with Crippen LogP contribution in [0.1, 0.15) is 25.8 Å². The second-order valence-electron chi connectivity index (χ2n) is 5.31.